The van der Waals surface area contributed by atoms with Crippen molar-refractivity contribution in [2.24, 2.45) is 5.73 Å². The molecular formula is C9H17NO3. The highest BCUT2D eigenvalue weighted by atomic mass is 16.6. The van der Waals surface area contributed by atoms with Gasteiger partial charge in [0.25, 0.3) is 0 Å². The van der Waals surface area contributed by atoms with Gasteiger partial charge in [0, 0.05) is 6.61 Å². The summed E-state index contributed by atoms with van der Waals surface area (Å²) in [5, 5.41) is 0. The van der Waals surface area contributed by atoms with E-state index in [1.807, 2.05) is 6.92 Å². The van der Waals surface area contributed by atoms with Gasteiger partial charge in [-0.2, -0.15) is 0 Å². The third kappa shape index (κ3) is 6.16. The molecule has 4 nitrogen and oxygen atoms in total. The van der Waals surface area contributed by atoms with Crippen molar-refractivity contribution in [1.29, 1.82) is 0 Å². The maximum absolute atomic E-state index is 10.9. The second kappa shape index (κ2) is 7.61. The van der Waals surface area contributed by atoms with Crippen LogP contribution in [0.2, 0.25) is 0 Å². The van der Waals surface area contributed by atoms with Crippen LogP contribution in [0, 0.1) is 0 Å². The molecule has 4 heteroatoms. The third-order valence-electron chi connectivity index (χ3n) is 1.36. The zero-order valence-corrected chi connectivity index (χ0v) is 8.21. The molecule has 0 radical (unpaired) electrons. The summed E-state index contributed by atoms with van der Waals surface area (Å²) < 4.78 is 9.89. The lowest BCUT2D eigenvalue weighted by atomic mass is 10.4. The normalized spacial score (nSPS) is 11.4. The highest BCUT2D eigenvalue weighted by molar-refractivity contribution is 5.87. The summed E-state index contributed by atoms with van der Waals surface area (Å²) in [5.74, 6) is -0.484. The Morgan fingerprint density at radius 3 is 2.62 bits per heavy atom. The van der Waals surface area contributed by atoms with Crippen LogP contribution < -0.4 is 5.73 Å². The molecule has 2 N–H and O–H groups in total. The fourth-order valence-corrected chi connectivity index (χ4v) is 0.641. The van der Waals surface area contributed by atoms with Gasteiger partial charge in [0.15, 0.2) is 0 Å². The molecule has 0 saturated heterocycles. The van der Waals surface area contributed by atoms with E-state index >= 15 is 0 Å². The lowest BCUT2D eigenvalue weighted by Gasteiger charge is -2.04. The van der Waals surface area contributed by atoms with Crippen molar-refractivity contribution in [3.8, 4) is 0 Å². The van der Waals surface area contributed by atoms with Crippen molar-refractivity contribution >= 4 is 5.97 Å². The number of allylic oxidation sites excluding steroid dienone is 1. The summed E-state index contributed by atoms with van der Waals surface area (Å²) in [6.45, 7) is 5.08. The molecule has 0 aromatic heterocycles. The quantitative estimate of drug-likeness (QED) is 0.380. The molecular weight excluding hydrogens is 170 g/mol. The lowest BCUT2D eigenvalue weighted by molar-refractivity contribution is -0.140. The van der Waals surface area contributed by atoms with Gasteiger partial charge in [-0.1, -0.05) is 13.0 Å². The van der Waals surface area contributed by atoms with Crippen LogP contribution in [-0.4, -0.2) is 25.8 Å². The van der Waals surface area contributed by atoms with Gasteiger partial charge >= 0.3 is 5.97 Å². The van der Waals surface area contributed by atoms with E-state index < -0.39 is 5.97 Å². The van der Waals surface area contributed by atoms with Crippen LogP contribution in [0.5, 0.6) is 0 Å². The van der Waals surface area contributed by atoms with Crippen LogP contribution in [0.15, 0.2) is 11.8 Å². The molecule has 13 heavy (non-hydrogen) atoms. The number of ether oxygens (including phenoxy) is 2. The average Bonchev–Trinajstić information content (AvgIpc) is 2.16. The standard InChI is InChI=1S/C9H17NO3/c1-3-5-12-6-7-13-9(11)8(10)4-2/h4H,3,5-7,10H2,1-2H3. The minimum absolute atomic E-state index is 0.135. The summed E-state index contributed by atoms with van der Waals surface area (Å²) in [5.41, 5.74) is 5.44. The lowest BCUT2D eigenvalue weighted by Crippen LogP contribution is -2.17. The molecule has 0 aliphatic heterocycles. The molecule has 0 saturated carbocycles. The first-order chi connectivity index (χ1) is 6.22. The van der Waals surface area contributed by atoms with E-state index in [2.05, 4.69) is 0 Å². The van der Waals surface area contributed by atoms with Gasteiger partial charge in [0.1, 0.15) is 12.3 Å². The van der Waals surface area contributed by atoms with Gasteiger partial charge in [0.2, 0.25) is 0 Å². The molecule has 0 aromatic carbocycles. The monoisotopic (exact) mass is 187 g/mol. The van der Waals surface area contributed by atoms with Crippen LogP contribution >= 0.6 is 0 Å². The van der Waals surface area contributed by atoms with Crippen molar-refractivity contribution < 1.29 is 14.3 Å². The van der Waals surface area contributed by atoms with E-state index in [-0.39, 0.29) is 12.3 Å². The highest BCUT2D eigenvalue weighted by Gasteiger charge is 2.03. The van der Waals surface area contributed by atoms with Gasteiger partial charge in [0.05, 0.1) is 6.61 Å². The smallest absolute Gasteiger partial charge is 0.353 e. The Morgan fingerprint density at radius 1 is 1.38 bits per heavy atom. The molecule has 0 aliphatic rings. The van der Waals surface area contributed by atoms with Crippen LogP contribution in [-0.2, 0) is 14.3 Å². The fourth-order valence-electron chi connectivity index (χ4n) is 0.641. The largest absolute Gasteiger partial charge is 0.459 e. The Kier molecular flexibility index (Phi) is 7.01. The third-order valence-corrected chi connectivity index (χ3v) is 1.36. The summed E-state index contributed by atoms with van der Waals surface area (Å²) in [4.78, 5) is 10.9. The van der Waals surface area contributed by atoms with Gasteiger partial charge in [-0.25, -0.2) is 4.79 Å². The molecule has 0 spiro atoms. The SMILES string of the molecule is CC=C(N)C(=O)OCCOCCC. The molecule has 0 bridgehead atoms. The molecule has 0 fully saturated rings. The highest BCUT2D eigenvalue weighted by Crippen LogP contribution is 1.89. The van der Waals surface area contributed by atoms with Crippen molar-refractivity contribution in [3.63, 3.8) is 0 Å². The summed E-state index contributed by atoms with van der Waals surface area (Å²) >= 11 is 0. The minimum Gasteiger partial charge on any atom is -0.459 e. The number of carbonyl (C=O) groups is 1. The second-order valence-corrected chi connectivity index (χ2v) is 2.49. The Hall–Kier alpha value is -1.03. The van der Waals surface area contributed by atoms with E-state index in [1.165, 1.54) is 6.08 Å². The zero-order chi connectivity index (χ0) is 10.1. The predicted molar refractivity (Wildman–Crippen MR) is 50.0 cm³/mol. The molecule has 0 rings (SSSR count). The first-order valence-electron chi connectivity index (χ1n) is 4.39. The first kappa shape index (κ1) is 12.0. The van der Waals surface area contributed by atoms with Crippen LogP contribution in [0.1, 0.15) is 20.3 Å². The van der Waals surface area contributed by atoms with Crippen molar-refractivity contribution in [3.05, 3.63) is 11.8 Å². The van der Waals surface area contributed by atoms with Crippen molar-refractivity contribution in [2.75, 3.05) is 19.8 Å². The number of rotatable bonds is 6. The summed E-state index contributed by atoms with van der Waals surface area (Å²) in [7, 11) is 0. The van der Waals surface area contributed by atoms with E-state index in [0.717, 1.165) is 6.42 Å². The Morgan fingerprint density at radius 2 is 2.08 bits per heavy atom. The maximum atomic E-state index is 10.9. The molecule has 76 valence electrons. The molecule has 0 atom stereocenters. The summed E-state index contributed by atoms with van der Waals surface area (Å²) in [6, 6.07) is 0. The Balaban J connectivity index is 3.38. The van der Waals surface area contributed by atoms with Crippen LogP contribution in [0.25, 0.3) is 0 Å². The number of esters is 1. The number of carbonyl (C=O) groups excluding carboxylic acids is 1. The number of hydrogen-bond donors (Lipinski definition) is 1. The predicted octanol–water partition coefficient (Wildman–Crippen LogP) is 0.819. The maximum Gasteiger partial charge on any atom is 0.353 e. The van der Waals surface area contributed by atoms with Crippen LogP contribution in [0.3, 0.4) is 0 Å². The average molecular weight is 187 g/mol. The molecule has 0 heterocycles. The van der Waals surface area contributed by atoms with Crippen molar-refractivity contribution in [2.45, 2.75) is 20.3 Å². The number of hydrogen-bond acceptors (Lipinski definition) is 4. The first-order valence-corrected chi connectivity index (χ1v) is 4.39. The van der Waals surface area contributed by atoms with Gasteiger partial charge in [-0.15, -0.1) is 0 Å². The Labute approximate surface area is 78.7 Å². The fraction of sp³-hybridized carbons (Fsp3) is 0.667. The molecule has 0 aromatic rings. The molecule has 0 aliphatic carbocycles. The van der Waals surface area contributed by atoms with Crippen LogP contribution in [0.4, 0.5) is 0 Å². The minimum atomic E-state index is -0.484. The topological polar surface area (TPSA) is 61.6 Å². The second-order valence-electron chi connectivity index (χ2n) is 2.49. The molecule has 0 unspecified atom stereocenters. The van der Waals surface area contributed by atoms with Crippen molar-refractivity contribution in [1.82, 2.24) is 0 Å². The van der Waals surface area contributed by atoms with E-state index in [4.69, 9.17) is 15.2 Å². The number of nitrogens with two attached hydrogens (primary N) is 1. The molecule has 0 amide bonds. The zero-order valence-electron chi connectivity index (χ0n) is 8.21. The van der Waals surface area contributed by atoms with E-state index in [9.17, 15) is 4.79 Å². The van der Waals surface area contributed by atoms with E-state index in [0.29, 0.717) is 13.2 Å². The Bertz CT molecular complexity index is 178. The van der Waals surface area contributed by atoms with E-state index in [1.54, 1.807) is 6.92 Å². The van der Waals surface area contributed by atoms with Gasteiger partial charge < -0.3 is 15.2 Å². The summed E-state index contributed by atoms with van der Waals surface area (Å²) in [6.07, 6.45) is 2.47. The van der Waals surface area contributed by atoms with Gasteiger partial charge in [-0.05, 0) is 13.3 Å². The van der Waals surface area contributed by atoms with Gasteiger partial charge in [-0.3, -0.25) is 0 Å².